The fraction of sp³-hybridized carbons (Fsp3) is 0.188. The maximum Gasteiger partial charge on any atom is 0.335 e. The van der Waals surface area contributed by atoms with Crippen LogP contribution in [0.25, 0.3) is 5.65 Å². The van der Waals surface area contributed by atoms with E-state index in [-0.39, 0.29) is 52.8 Å². The average Bonchev–Trinajstić information content (AvgIpc) is 3.68. The number of aromatic nitrogens is 3. The molecule has 1 aliphatic carbocycles. The van der Waals surface area contributed by atoms with Crippen molar-refractivity contribution < 1.29 is 24.3 Å². The number of primary amides is 1. The minimum absolute atomic E-state index is 0.0156. The van der Waals surface area contributed by atoms with Gasteiger partial charge in [-0.15, -0.1) is 0 Å². The van der Waals surface area contributed by atoms with Crippen molar-refractivity contribution >= 4 is 40.7 Å². The van der Waals surface area contributed by atoms with E-state index in [1.165, 1.54) is 22.9 Å². The minimum atomic E-state index is -1.03. The highest BCUT2D eigenvalue weighted by atomic mass is 16.4. The monoisotopic (exact) mass is 636 g/mol. The molecule has 3 aromatic carbocycles. The molecule has 238 valence electrons. The van der Waals surface area contributed by atoms with Gasteiger partial charge in [0, 0.05) is 13.1 Å². The number of carboxylic acids is 1. The molecule has 15 nitrogen and oxygen atoms in total. The standard InChI is InChI=1S/C32H28N8O7/c1-14-17-7-8-20(19(17)6-5-18(14)32(46)47)39-31(45)22-10-21(38-29-25(28(34)43)37-13-40(22)29)30(44)36-12-16-4-2-3-15(9-16)11-35-24-23(33)26(41)27(24)42/h2-6,9-10,13,20,35H,7-8,11-12,33H2,1H3,(H2,34,43)(H,36,44)(H,39,45)(H,46,47)/t20-/m0/s1. The van der Waals surface area contributed by atoms with Gasteiger partial charge < -0.3 is 32.5 Å². The second-order valence-corrected chi connectivity index (χ2v) is 11.2. The van der Waals surface area contributed by atoms with Gasteiger partial charge in [-0.3, -0.25) is 28.4 Å². The molecule has 3 amide bonds. The third-order valence-electron chi connectivity index (χ3n) is 8.29. The molecule has 8 N–H and O–H groups in total. The van der Waals surface area contributed by atoms with Gasteiger partial charge in [-0.05, 0) is 59.7 Å². The number of nitrogens with zero attached hydrogens (tertiary/aromatic N) is 3. The Hall–Kier alpha value is -6.38. The van der Waals surface area contributed by atoms with Crippen molar-refractivity contribution in [3.8, 4) is 0 Å². The number of carbonyl (C=O) groups excluding carboxylic acids is 3. The number of nitrogens with one attached hydrogen (secondary N) is 3. The topological polar surface area (TPSA) is 241 Å². The molecule has 2 heterocycles. The fourth-order valence-electron chi connectivity index (χ4n) is 5.83. The summed E-state index contributed by atoms with van der Waals surface area (Å²) >= 11 is 0. The number of fused-ring (bicyclic) bond motifs is 2. The van der Waals surface area contributed by atoms with Crippen molar-refractivity contribution in [2.45, 2.75) is 38.9 Å². The first-order chi connectivity index (χ1) is 22.4. The molecule has 1 atom stereocenters. The van der Waals surface area contributed by atoms with Gasteiger partial charge in [0.2, 0.25) is 0 Å². The zero-order valence-electron chi connectivity index (χ0n) is 24.9. The van der Waals surface area contributed by atoms with Crippen molar-refractivity contribution in [2.24, 2.45) is 5.73 Å². The third kappa shape index (κ3) is 5.54. The second-order valence-electron chi connectivity index (χ2n) is 11.2. The summed E-state index contributed by atoms with van der Waals surface area (Å²) in [6.45, 7) is 2.03. The number of aromatic carboxylic acids is 1. The van der Waals surface area contributed by atoms with E-state index in [1.807, 2.05) is 0 Å². The molecular weight excluding hydrogens is 608 g/mol. The van der Waals surface area contributed by atoms with E-state index in [0.29, 0.717) is 24.0 Å². The number of imidazole rings is 1. The SMILES string of the molecule is Cc1c(C(=O)O)ccc2c1CC[C@@H]2NC(=O)c1cc(C(=O)NCc2cccc(CNc3c(N)c(=O)c3=O)c2)nc2c(C(N)=O)ncn12. The van der Waals surface area contributed by atoms with Crippen molar-refractivity contribution in [1.29, 1.82) is 0 Å². The number of carbonyl (C=O) groups is 4. The van der Waals surface area contributed by atoms with Crippen molar-refractivity contribution in [2.75, 3.05) is 11.1 Å². The number of nitrogens with two attached hydrogens (primary N) is 2. The molecule has 47 heavy (non-hydrogen) atoms. The van der Waals surface area contributed by atoms with Gasteiger partial charge in [0.1, 0.15) is 29.1 Å². The first kappa shape index (κ1) is 30.6. The summed E-state index contributed by atoms with van der Waals surface area (Å²) in [6, 6.07) is 11.2. The lowest BCUT2D eigenvalue weighted by atomic mass is 9.98. The Balaban J connectivity index is 1.22. The van der Waals surface area contributed by atoms with Gasteiger partial charge in [-0.2, -0.15) is 0 Å². The van der Waals surface area contributed by atoms with E-state index in [0.717, 1.165) is 16.7 Å². The third-order valence-corrected chi connectivity index (χ3v) is 8.29. The van der Waals surface area contributed by atoms with Gasteiger partial charge in [-0.25, -0.2) is 14.8 Å². The zero-order chi connectivity index (χ0) is 33.6. The lowest BCUT2D eigenvalue weighted by Gasteiger charge is -2.16. The van der Waals surface area contributed by atoms with Gasteiger partial charge in [0.25, 0.3) is 28.6 Å². The Bertz CT molecular complexity index is 2210. The summed E-state index contributed by atoms with van der Waals surface area (Å²) in [5.41, 5.74) is 13.1. The van der Waals surface area contributed by atoms with E-state index < -0.39 is 40.6 Å². The van der Waals surface area contributed by atoms with E-state index >= 15 is 0 Å². The largest absolute Gasteiger partial charge is 0.478 e. The lowest BCUT2D eigenvalue weighted by molar-refractivity contribution is 0.0695. The maximum atomic E-state index is 13.7. The predicted octanol–water partition coefficient (Wildman–Crippen LogP) is 0.972. The second kappa shape index (κ2) is 11.8. The highest BCUT2D eigenvalue weighted by molar-refractivity contribution is 6.02. The summed E-state index contributed by atoms with van der Waals surface area (Å²) in [6.07, 6.45) is 2.34. The Morgan fingerprint density at radius 1 is 1.02 bits per heavy atom. The molecule has 1 aliphatic rings. The number of anilines is 2. The molecule has 0 spiro atoms. The Morgan fingerprint density at radius 2 is 1.77 bits per heavy atom. The summed E-state index contributed by atoms with van der Waals surface area (Å²) in [5, 5.41) is 18.0. The van der Waals surface area contributed by atoms with Crippen LogP contribution in [-0.2, 0) is 19.5 Å². The highest BCUT2D eigenvalue weighted by Crippen LogP contribution is 2.35. The van der Waals surface area contributed by atoms with E-state index in [1.54, 1.807) is 37.3 Å². The smallest absolute Gasteiger partial charge is 0.335 e. The van der Waals surface area contributed by atoms with Crippen molar-refractivity contribution in [3.63, 3.8) is 0 Å². The van der Waals surface area contributed by atoms with Gasteiger partial charge in [0.15, 0.2) is 11.3 Å². The van der Waals surface area contributed by atoms with E-state index in [9.17, 15) is 33.9 Å². The summed E-state index contributed by atoms with van der Waals surface area (Å²) in [5.74, 6) is -3.13. The average molecular weight is 637 g/mol. The van der Waals surface area contributed by atoms with Crippen LogP contribution in [0.4, 0.5) is 11.4 Å². The molecule has 0 aliphatic heterocycles. The van der Waals surface area contributed by atoms with Crippen LogP contribution in [0.5, 0.6) is 0 Å². The minimum Gasteiger partial charge on any atom is -0.478 e. The molecule has 0 saturated heterocycles. The molecule has 15 heteroatoms. The fourth-order valence-corrected chi connectivity index (χ4v) is 5.83. The number of rotatable bonds is 10. The number of hydrogen-bond donors (Lipinski definition) is 6. The molecule has 0 unspecified atom stereocenters. The maximum absolute atomic E-state index is 13.7. The number of benzene rings is 2. The first-order valence-corrected chi connectivity index (χ1v) is 14.5. The van der Waals surface area contributed by atoms with Crippen LogP contribution in [0.3, 0.4) is 0 Å². The van der Waals surface area contributed by atoms with Crippen molar-refractivity contribution in [1.82, 2.24) is 25.0 Å². The Morgan fingerprint density at radius 3 is 2.47 bits per heavy atom. The van der Waals surface area contributed by atoms with Crippen LogP contribution >= 0.6 is 0 Å². The molecule has 0 saturated carbocycles. The molecule has 5 aromatic rings. The van der Waals surface area contributed by atoms with Crippen LogP contribution in [0.1, 0.15) is 82.1 Å². The van der Waals surface area contributed by atoms with Crippen LogP contribution in [0.15, 0.2) is 58.4 Å². The van der Waals surface area contributed by atoms with E-state index in [4.69, 9.17) is 11.5 Å². The normalized spacial score (nSPS) is 13.8. The molecule has 0 radical (unpaired) electrons. The van der Waals surface area contributed by atoms with Crippen LogP contribution in [0.2, 0.25) is 0 Å². The van der Waals surface area contributed by atoms with Crippen molar-refractivity contribution in [3.05, 3.63) is 120 Å². The number of carboxylic acid groups (broad SMARTS) is 1. The first-order valence-electron chi connectivity index (χ1n) is 14.5. The van der Waals surface area contributed by atoms with Gasteiger partial charge in [-0.1, -0.05) is 30.3 Å². The molecule has 0 fully saturated rings. The number of nitrogen functional groups attached to an aromatic ring is 1. The quantitative estimate of drug-likeness (QED) is 0.118. The highest BCUT2D eigenvalue weighted by Gasteiger charge is 2.29. The molecule has 2 aromatic heterocycles. The summed E-state index contributed by atoms with van der Waals surface area (Å²) < 4.78 is 1.28. The number of hydrogen-bond acceptors (Lipinski definition) is 10. The summed E-state index contributed by atoms with van der Waals surface area (Å²) in [7, 11) is 0. The van der Waals surface area contributed by atoms with E-state index in [2.05, 4.69) is 25.9 Å². The molecule has 6 rings (SSSR count). The Kier molecular flexibility index (Phi) is 7.72. The molecular formula is C32H28N8O7. The van der Waals surface area contributed by atoms with Crippen LogP contribution in [-0.4, -0.2) is 43.2 Å². The Labute approximate surface area is 265 Å². The number of amides is 3. The van der Waals surface area contributed by atoms with Gasteiger partial charge >= 0.3 is 5.97 Å². The predicted molar refractivity (Wildman–Crippen MR) is 169 cm³/mol. The zero-order valence-corrected chi connectivity index (χ0v) is 24.9. The van der Waals surface area contributed by atoms with Gasteiger partial charge in [0.05, 0.1) is 11.6 Å². The van der Waals surface area contributed by atoms with Crippen LogP contribution in [0, 0.1) is 6.92 Å². The van der Waals surface area contributed by atoms with Crippen LogP contribution < -0.4 is 38.3 Å². The summed E-state index contributed by atoms with van der Waals surface area (Å²) in [4.78, 5) is 82.0. The lowest BCUT2D eigenvalue weighted by Crippen LogP contribution is -2.36. The molecule has 0 bridgehead atoms.